The van der Waals surface area contributed by atoms with Gasteiger partial charge in [-0.2, -0.15) is 0 Å². The molecule has 19 nitrogen and oxygen atoms in total. The first-order chi connectivity index (χ1) is 35.9. The molecule has 7 rings (SSSR count). The summed E-state index contributed by atoms with van der Waals surface area (Å²) in [7, 11) is 1.47. The van der Waals surface area contributed by atoms with Gasteiger partial charge in [-0.05, 0) is 94.3 Å². The summed E-state index contributed by atoms with van der Waals surface area (Å²) >= 11 is 6.24. The molecular weight excluding hydrogens is 1020 g/mol. The molecule has 0 bridgehead atoms. The standard InChI is InChI=1S/C53H67N5O14P2S/c1-11-26-66-73(58(34(3)4)35(5)6)71-43-28-47(56-30-36(7)49(59)54-51(56)61)70-46(43)33-68-74(75,67-27-12-2)72-44-29-48(57-31-37(8)50(60)55-52(57)62)69-45(44)32-65-53(38-16-14-13-15-17-38,39-18-22-41(63-9)23-19-39)40-20-24-42(64-10)25-21-40/h11-25,30-31,34-35,43-48H,1-2,26-29,32-33H2,3-10H3,(H,54,59,61)(H,55,60,62)/t43-,44-,45+,46+,47+,48+,73?,74-/m0/s1. The first kappa shape index (κ1) is 57.5. The topological polar surface area (TPSA) is 205 Å². The van der Waals surface area contributed by atoms with Crippen LogP contribution >= 0.6 is 15.2 Å². The van der Waals surface area contributed by atoms with Crippen LogP contribution in [0.15, 0.2) is 136 Å². The summed E-state index contributed by atoms with van der Waals surface area (Å²) in [4.78, 5) is 56.5. The maximum absolute atomic E-state index is 13.5. The van der Waals surface area contributed by atoms with Crippen molar-refractivity contribution in [2.75, 3.05) is 40.6 Å². The minimum Gasteiger partial charge on any atom is -0.497 e. The van der Waals surface area contributed by atoms with Crippen LogP contribution in [0.2, 0.25) is 0 Å². The van der Waals surface area contributed by atoms with Gasteiger partial charge in [0.15, 0.2) is 0 Å². The van der Waals surface area contributed by atoms with E-state index in [1.54, 1.807) is 34.1 Å². The van der Waals surface area contributed by atoms with Crippen molar-refractivity contribution in [2.24, 2.45) is 0 Å². The van der Waals surface area contributed by atoms with Gasteiger partial charge in [-0.15, -0.1) is 13.2 Å². The molecule has 1 unspecified atom stereocenters. The Morgan fingerprint density at radius 3 is 1.68 bits per heavy atom. The number of hydrogen-bond acceptors (Lipinski definition) is 16. The van der Waals surface area contributed by atoms with Gasteiger partial charge >= 0.3 is 18.1 Å². The van der Waals surface area contributed by atoms with Gasteiger partial charge in [-0.3, -0.25) is 28.7 Å². The normalized spacial score (nSPS) is 21.1. The van der Waals surface area contributed by atoms with E-state index in [0.29, 0.717) is 17.1 Å². The second-order valence-corrected chi connectivity index (χ2v) is 22.9. The SMILES string of the molecule is C=CCOP(O[C@H]1C[C@H](n2cc(C)c(=O)[nH]c2=O)O[C@@H]1CO[P@@](=S)(OCC=C)O[C@H]1C[C@H](n2cc(C)c(=O)[nH]c2=O)O[C@@H]1COC(c1ccccc1)(c1ccc(OC)cc1)c1ccc(OC)cc1)N(C(C)C)C(C)C. The third-order valence-electron chi connectivity index (χ3n) is 12.7. The molecule has 2 N–H and O–H groups in total. The zero-order valence-corrected chi connectivity index (χ0v) is 46.1. The van der Waals surface area contributed by atoms with Crippen molar-refractivity contribution in [2.45, 2.75) is 109 Å². The van der Waals surface area contributed by atoms with E-state index in [2.05, 4.69) is 27.8 Å². The van der Waals surface area contributed by atoms with Crippen molar-refractivity contribution in [3.05, 3.63) is 186 Å². The van der Waals surface area contributed by atoms with E-state index in [9.17, 15) is 19.2 Å². The van der Waals surface area contributed by atoms with E-state index in [-0.39, 0.29) is 56.9 Å². The molecular formula is C53H67N5O14P2S. The number of aryl methyl sites for hydroxylation is 2. The van der Waals surface area contributed by atoms with Crippen molar-refractivity contribution >= 4 is 27.1 Å². The summed E-state index contributed by atoms with van der Waals surface area (Å²) < 4.78 is 69.4. The molecule has 2 aromatic heterocycles. The molecule has 4 heterocycles. The molecule has 75 heavy (non-hydrogen) atoms. The van der Waals surface area contributed by atoms with E-state index in [4.69, 9.17) is 58.1 Å². The van der Waals surface area contributed by atoms with Crippen LogP contribution in [0.3, 0.4) is 0 Å². The van der Waals surface area contributed by atoms with Crippen LogP contribution in [0, 0.1) is 13.8 Å². The summed E-state index contributed by atoms with van der Waals surface area (Å²) in [5.41, 5.74) is -0.769. The van der Waals surface area contributed by atoms with Crippen LogP contribution < -0.4 is 32.0 Å². The highest BCUT2D eigenvalue weighted by Gasteiger charge is 2.47. The Labute approximate surface area is 442 Å². The van der Waals surface area contributed by atoms with Gasteiger partial charge in [0.1, 0.15) is 41.8 Å². The second-order valence-electron chi connectivity index (χ2n) is 18.5. The fourth-order valence-electron chi connectivity index (χ4n) is 9.08. The number of rotatable bonds is 26. The first-order valence-corrected chi connectivity index (χ1v) is 28.2. The molecule has 2 aliphatic rings. The van der Waals surface area contributed by atoms with Gasteiger partial charge in [0.25, 0.3) is 19.6 Å². The number of hydrogen-bond donors (Lipinski definition) is 2. The van der Waals surface area contributed by atoms with Crippen molar-refractivity contribution < 1.29 is 46.3 Å². The quantitative estimate of drug-likeness (QED) is 0.0305. The van der Waals surface area contributed by atoms with Crippen LogP contribution in [0.25, 0.3) is 0 Å². The van der Waals surface area contributed by atoms with Crippen molar-refractivity contribution in [1.82, 2.24) is 23.8 Å². The van der Waals surface area contributed by atoms with Crippen LogP contribution in [-0.4, -0.2) is 101 Å². The lowest BCUT2D eigenvalue weighted by Gasteiger charge is -2.37. The molecule has 0 amide bonds. The van der Waals surface area contributed by atoms with Gasteiger partial charge < -0.3 is 46.3 Å². The Morgan fingerprint density at radius 1 is 0.720 bits per heavy atom. The Kier molecular flexibility index (Phi) is 19.8. The highest BCUT2D eigenvalue weighted by atomic mass is 32.5. The molecule has 0 spiro atoms. The molecule has 0 radical (unpaired) electrons. The number of nitrogens with one attached hydrogen (secondary N) is 2. The number of nitrogens with zero attached hydrogens (tertiary/aromatic N) is 3. The molecule has 2 fully saturated rings. The van der Waals surface area contributed by atoms with Crippen LogP contribution in [0.5, 0.6) is 11.5 Å². The van der Waals surface area contributed by atoms with Gasteiger partial charge in [-0.25, -0.2) is 14.3 Å². The fourth-order valence-corrected chi connectivity index (χ4v) is 12.9. The van der Waals surface area contributed by atoms with E-state index in [0.717, 1.165) is 16.7 Å². The lowest BCUT2D eigenvalue weighted by atomic mass is 9.80. The van der Waals surface area contributed by atoms with Gasteiger partial charge in [0, 0.05) is 48.4 Å². The van der Waals surface area contributed by atoms with Gasteiger partial charge in [-0.1, -0.05) is 66.7 Å². The Bertz CT molecular complexity index is 2950. The summed E-state index contributed by atoms with van der Waals surface area (Å²) in [6.07, 6.45) is 0.827. The molecule has 5 aromatic rings. The average molecular weight is 1090 g/mol. The first-order valence-electron chi connectivity index (χ1n) is 24.5. The highest BCUT2D eigenvalue weighted by Crippen LogP contribution is 2.56. The van der Waals surface area contributed by atoms with E-state index in [1.165, 1.54) is 27.6 Å². The van der Waals surface area contributed by atoms with Gasteiger partial charge in [0.05, 0.1) is 52.9 Å². The molecule has 0 saturated carbocycles. The minimum absolute atomic E-state index is 0.0145. The van der Waals surface area contributed by atoms with Crippen molar-refractivity contribution in [1.29, 1.82) is 0 Å². The molecule has 8 atom stereocenters. The molecule has 2 aliphatic heterocycles. The van der Waals surface area contributed by atoms with E-state index >= 15 is 0 Å². The number of aromatic nitrogens is 4. The number of ether oxygens (including phenoxy) is 5. The minimum atomic E-state index is -3.87. The maximum atomic E-state index is 13.5. The Morgan fingerprint density at radius 2 is 1.20 bits per heavy atom. The van der Waals surface area contributed by atoms with Crippen molar-refractivity contribution in [3.63, 3.8) is 0 Å². The van der Waals surface area contributed by atoms with Crippen LogP contribution in [-0.2, 0) is 54.2 Å². The summed E-state index contributed by atoms with van der Waals surface area (Å²) in [6, 6.07) is 24.9. The number of H-pyrrole nitrogens is 2. The molecule has 0 aliphatic carbocycles. The molecule has 2 saturated heterocycles. The Balaban J connectivity index is 1.26. The zero-order chi connectivity index (χ0) is 54.0. The smallest absolute Gasteiger partial charge is 0.330 e. The largest absolute Gasteiger partial charge is 0.497 e. The zero-order valence-electron chi connectivity index (χ0n) is 43.5. The van der Waals surface area contributed by atoms with Crippen LogP contribution in [0.1, 0.15) is 80.8 Å². The van der Waals surface area contributed by atoms with Crippen molar-refractivity contribution in [3.8, 4) is 11.5 Å². The summed E-state index contributed by atoms with van der Waals surface area (Å²) in [6.45, 7) is 14.9. The third kappa shape index (κ3) is 13.5. The molecule has 22 heteroatoms. The van der Waals surface area contributed by atoms with E-state index < -0.39 is 80.2 Å². The fraction of sp³-hybridized carbons (Fsp3) is 0.434. The predicted molar refractivity (Wildman–Crippen MR) is 289 cm³/mol. The van der Waals surface area contributed by atoms with Gasteiger partial charge in [0.2, 0.25) is 0 Å². The predicted octanol–water partition coefficient (Wildman–Crippen LogP) is 8.07. The number of benzene rings is 3. The lowest BCUT2D eigenvalue weighted by molar-refractivity contribution is -0.0940. The number of methoxy groups -OCH3 is 2. The lowest BCUT2D eigenvalue weighted by Crippen LogP contribution is -2.38. The number of aromatic amines is 2. The Hall–Kier alpha value is -5.18. The maximum Gasteiger partial charge on any atom is 0.330 e. The molecule has 404 valence electrons. The third-order valence-corrected chi connectivity index (χ3v) is 17.2. The monoisotopic (exact) mass is 1090 g/mol. The second kappa shape index (κ2) is 25.8. The highest BCUT2D eigenvalue weighted by molar-refractivity contribution is 8.07. The van der Waals surface area contributed by atoms with E-state index in [1.807, 2.05) is 107 Å². The summed E-state index contributed by atoms with van der Waals surface area (Å²) in [5, 5.41) is 0. The summed E-state index contributed by atoms with van der Waals surface area (Å²) in [5.74, 6) is 1.29. The molecule has 3 aromatic carbocycles. The average Bonchev–Trinajstić information content (AvgIpc) is 3.99. The van der Waals surface area contributed by atoms with Crippen LogP contribution in [0.4, 0.5) is 0 Å².